The summed E-state index contributed by atoms with van der Waals surface area (Å²) in [6.07, 6.45) is 16.0. The van der Waals surface area contributed by atoms with Gasteiger partial charge in [0.2, 0.25) is 16.6 Å². The molecule has 0 spiro atoms. The van der Waals surface area contributed by atoms with Crippen LogP contribution in [0.4, 0.5) is 0 Å². The van der Waals surface area contributed by atoms with Crippen LogP contribution < -0.4 is 0 Å². The Balaban J connectivity index is 5.46. The minimum Gasteiger partial charge on any atom is -0.419 e. The fourth-order valence-electron chi connectivity index (χ4n) is 5.05. The van der Waals surface area contributed by atoms with E-state index in [0.717, 1.165) is 0 Å². The quantitative estimate of drug-likeness (QED) is 0.111. The van der Waals surface area contributed by atoms with Gasteiger partial charge in [0.1, 0.15) is 0 Å². The first-order chi connectivity index (χ1) is 14.9. The van der Waals surface area contributed by atoms with Crippen LogP contribution in [0, 0.1) is 0 Å². The Bertz CT molecular complexity index is 353. The summed E-state index contributed by atoms with van der Waals surface area (Å²) in [6, 6.07) is 5.37. The molecule has 0 amide bonds. The summed E-state index contributed by atoms with van der Waals surface area (Å²) in [5, 5.41) is 0. The van der Waals surface area contributed by atoms with Crippen molar-refractivity contribution in [3.8, 4) is 0 Å². The average Bonchev–Trinajstić information content (AvgIpc) is 2.77. The van der Waals surface area contributed by atoms with Crippen molar-refractivity contribution in [3.63, 3.8) is 0 Å². The third kappa shape index (κ3) is 11.6. The highest BCUT2D eigenvalue weighted by Gasteiger charge is 2.45. The van der Waals surface area contributed by atoms with Gasteiger partial charge in [0, 0.05) is 24.0 Å². The van der Waals surface area contributed by atoms with Crippen LogP contribution in [0.2, 0.25) is 24.2 Å². The summed E-state index contributed by atoms with van der Waals surface area (Å²) in [7, 11) is 0.577. The van der Waals surface area contributed by atoms with Gasteiger partial charge in [-0.25, -0.2) is 0 Å². The number of hydrogen-bond donors (Lipinski definition) is 0. The van der Waals surface area contributed by atoms with Crippen molar-refractivity contribution in [1.82, 2.24) is 0 Å². The van der Waals surface area contributed by atoms with Crippen LogP contribution in [0.15, 0.2) is 0 Å². The van der Waals surface area contributed by atoms with E-state index in [9.17, 15) is 0 Å². The highest BCUT2D eigenvalue weighted by Crippen LogP contribution is 2.40. The van der Waals surface area contributed by atoms with E-state index in [1.165, 1.54) is 101 Å². The molecule has 0 aromatic carbocycles. The maximum absolute atomic E-state index is 6.53. The van der Waals surface area contributed by atoms with Crippen molar-refractivity contribution in [2.24, 2.45) is 0 Å². The Morgan fingerprint density at radius 3 is 0.968 bits per heavy atom. The molecule has 0 rings (SSSR count). The Hall–Kier alpha value is 0.704. The summed E-state index contributed by atoms with van der Waals surface area (Å²) in [4.78, 5) is 1.31. The van der Waals surface area contributed by atoms with Crippen LogP contribution in [-0.2, 0) is 8.85 Å². The lowest BCUT2D eigenvalue weighted by molar-refractivity contribution is 0.381. The second kappa shape index (κ2) is 19.1. The largest absolute Gasteiger partial charge is 0.419 e. The molecule has 0 aliphatic heterocycles. The molecule has 2 unspecified atom stereocenters. The van der Waals surface area contributed by atoms with Gasteiger partial charge >= 0.3 is 0 Å². The third-order valence-corrected chi connectivity index (χ3v) is 21.1. The molecule has 0 saturated heterocycles. The molecule has 0 aromatic rings. The van der Waals surface area contributed by atoms with Crippen LogP contribution in [0.1, 0.15) is 119 Å². The van der Waals surface area contributed by atoms with E-state index >= 15 is 0 Å². The average molecular weight is 491 g/mol. The fourth-order valence-corrected chi connectivity index (χ4v) is 18.3. The predicted molar refractivity (Wildman–Crippen MR) is 149 cm³/mol. The minimum atomic E-state index is -1.75. The Morgan fingerprint density at radius 2 is 0.774 bits per heavy atom. The van der Waals surface area contributed by atoms with Crippen molar-refractivity contribution in [2.75, 3.05) is 14.2 Å². The zero-order valence-corrected chi connectivity index (χ0v) is 25.5. The predicted octanol–water partition coefficient (Wildman–Crippen LogP) is 9.52. The lowest BCUT2D eigenvalue weighted by Crippen LogP contribution is -2.52. The summed E-state index contributed by atoms with van der Waals surface area (Å²) in [6.45, 7) is 14.3. The summed E-state index contributed by atoms with van der Waals surface area (Å²) in [5.41, 5.74) is 0. The monoisotopic (exact) mass is 490 g/mol. The molecule has 0 aliphatic carbocycles. The summed E-state index contributed by atoms with van der Waals surface area (Å²) in [5.74, 6) is 0. The van der Waals surface area contributed by atoms with E-state index in [-0.39, 0.29) is 0 Å². The van der Waals surface area contributed by atoms with Crippen LogP contribution in [0.3, 0.4) is 0 Å². The van der Waals surface area contributed by atoms with E-state index in [1.54, 1.807) is 0 Å². The Kier molecular flexibility index (Phi) is 19.5. The number of rotatable bonds is 22. The molecule has 2 atom stereocenters. The van der Waals surface area contributed by atoms with Crippen LogP contribution in [0.5, 0.6) is 0 Å². The van der Waals surface area contributed by atoms with Gasteiger partial charge in [-0.1, -0.05) is 119 Å². The first kappa shape index (κ1) is 31.7. The van der Waals surface area contributed by atoms with E-state index in [4.69, 9.17) is 8.85 Å². The molecule has 188 valence electrons. The molecule has 0 fully saturated rings. The molecular formula is C26H58O2SSi2. The van der Waals surface area contributed by atoms with Gasteiger partial charge in [0.15, 0.2) is 0 Å². The van der Waals surface area contributed by atoms with Crippen molar-refractivity contribution in [2.45, 2.75) is 153 Å². The molecule has 0 radical (unpaired) electrons. The molecule has 0 bridgehead atoms. The molecule has 0 N–H and O–H groups in total. The second-order valence-electron chi connectivity index (χ2n) is 9.79. The van der Waals surface area contributed by atoms with Crippen LogP contribution >= 0.6 is 11.8 Å². The molecule has 0 heterocycles. The summed E-state index contributed by atoms with van der Waals surface area (Å²) >= 11 is 2.27. The topological polar surface area (TPSA) is 18.5 Å². The maximum Gasteiger partial charge on any atom is 0.204 e. The van der Waals surface area contributed by atoms with E-state index in [1.807, 2.05) is 14.2 Å². The fraction of sp³-hybridized carbons (Fsp3) is 1.00. The van der Waals surface area contributed by atoms with Gasteiger partial charge in [-0.05, 0) is 24.2 Å². The minimum absolute atomic E-state index is 0.653. The highest BCUT2D eigenvalue weighted by atomic mass is 32.2. The second-order valence-corrected chi connectivity index (χ2v) is 21.1. The molecular weight excluding hydrogens is 433 g/mol. The van der Waals surface area contributed by atoms with Gasteiger partial charge < -0.3 is 8.85 Å². The van der Waals surface area contributed by atoms with E-state index < -0.39 is 16.6 Å². The molecule has 0 aromatic heterocycles. The van der Waals surface area contributed by atoms with Gasteiger partial charge in [-0.2, -0.15) is 11.8 Å². The van der Waals surface area contributed by atoms with Gasteiger partial charge in [-0.3, -0.25) is 0 Å². The van der Waals surface area contributed by atoms with Gasteiger partial charge in [0.25, 0.3) is 0 Å². The Labute approximate surface area is 203 Å². The smallest absolute Gasteiger partial charge is 0.204 e. The molecule has 5 heteroatoms. The molecule has 31 heavy (non-hydrogen) atoms. The van der Waals surface area contributed by atoms with Gasteiger partial charge in [-0.15, -0.1) is 0 Å². The molecule has 2 nitrogen and oxygen atoms in total. The van der Waals surface area contributed by atoms with Gasteiger partial charge in [0.05, 0.1) is 0 Å². The van der Waals surface area contributed by atoms with Crippen molar-refractivity contribution in [1.29, 1.82) is 0 Å². The number of thioether (sulfide) groups is 1. The number of unbranched alkanes of at least 4 members (excludes halogenated alkanes) is 8. The zero-order chi connectivity index (χ0) is 23.6. The number of hydrogen-bond acceptors (Lipinski definition) is 3. The van der Waals surface area contributed by atoms with Crippen LogP contribution in [-0.4, -0.2) is 40.6 Å². The van der Waals surface area contributed by atoms with E-state index in [2.05, 4.69) is 53.3 Å². The summed E-state index contributed by atoms with van der Waals surface area (Å²) < 4.78 is 13.1. The van der Waals surface area contributed by atoms with Crippen LogP contribution in [0.25, 0.3) is 0 Å². The lowest BCUT2D eigenvalue weighted by atomic mass is 10.3. The Morgan fingerprint density at radius 1 is 0.516 bits per heavy atom. The first-order valence-corrected chi connectivity index (χ1v) is 19.4. The third-order valence-electron chi connectivity index (χ3n) is 7.52. The molecule has 0 saturated carbocycles. The first-order valence-electron chi connectivity index (χ1n) is 13.7. The van der Waals surface area contributed by atoms with E-state index in [0.29, 0.717) is 9.75 Å². The zero-order valence-electron chi connectivity index (χ0n) is 22.7. The standard InChI is InChI=1S/C26H58O2SSi2/c1-9-13-17-21-30(27-7,22-18-14-10-2)25(5)29-26(6)31(28-8,23-19-15-11-3)24-20-16-12-4/h25-26H,9-24H2,1-8H3. The normalized spacial score (nSPS) is 14.7. The van der Waals surface area contributed by atoms with Crippen molar-refractivity contribution >= 4 is 28.4 Å². The SMILES string of the molecule is CCCCC[Si](CCCCC)(OC)C(C)SC(C)[Si](CCCCC)(CCCCC)OC. The molecule has 0 aliphatic rings. The maximum atomic E-state index is 6.53. The lowest BCUT2D eigenvalue weighted by Gasteiger charge is -2.41. The van der Waals surface area contributed by atoms with Crippen molar-refractivity contribution in [3.05, 3.63) is 0 Å². The van der Waals surface area contributed by atoms with Crippen molar-refractivity contribution < 1.29 is 8.85 Å². The highest BCUT2D eigenvalue weighted by molar-refractivity contribution is 8.03.